The minimum atomic E-state index is -0.387. The summed E-state index contributed by atoms with van der Waals surface area (Å²) >= 11 is 1.72. The van der Waals surface area contributed by atoms with Gasteiger partial charge in [0.1, 0.15) is 0 Å². The first-order valence-corrected chi connectivity index (χ1v) is 7.05. The van der Waals surface area contributed by atoms with Crippen LogP contribution in [0.5, 0.6) is 0 Å². The van der Waals surface area contributed by atoms with Gasteiger partial charge in [0.25, 0.3) is 5.69 Å². The monoisotopic (exact) mass is 284 g/mol. The first-order valence-electron chi connectivity index (χ1n) is 6.17. The molecule has 0 bridgehead atoms. The summed E-state index contributed by atoms with van der Waals surface area (Å²) in [6.45, 7) is 0.646. The van der Waals surface area contributed by atoms with Crippen molar-refractivity contribution in [3.63, 3.8) is 0 Å². The van der Waals surface area contributed by atoms with Gasteiger partial charge in [-0.3, -0.25) is 10.1 Å². The molecule has 2 aromatic carbocycles. The van der Waals surface area contributed by atoms with Crippen molar-refractivity contribution < 1.29 is 4.92 Å². The van der Waals surface area contributed by atoms with E-state index in [1.54, 1.807) is 23.5 Å². The van der Waals surface area contributed by atoms with Crippen molar-refractivity contribution in [3.05, 3.63) is 69.6 Å². The van der Waals surface area contributed by atoms with Crippen molar-refractivity contribution >= 4 is 32.8 Å². The maximum atomic E-state index is 10.6. The highest BCUT2D eigenvalue weighted by Crippen LogP contribution is 2.24. The van der Waals surface area contributed by atoms with Crippen LogP contribution in [0.25, 0.3) is 10.1 Å². The molecule has 0 saturated heterocycles. The Kier molecular flexibility index (Phi) is 3.35. The molecule has 20 heavy (non-hydrogen) atoms. The number of benzene rings is 2. The van der Waals surface area contributed by atoms with Gasteiger partial charge in [0.05, 0.1) is 4.92 Å². The van der Waals surface area contributed by atoms with Gasteiger partial charge < -0.3 is 5.32 Å². The van der Waals surface area contributed by atoms with Gasteiger partial charge in [0.15, 0.2) is 0 Å². The van der Waals surface area contributed by atoms with E-state index in [0.29, 0.717) is 6.54 Å². The largest absolute Gasteiger partial charge is 0.381 e. The topological polar surface area (TPSA) is 55.2 Å². The summed E-state index contributed by atoms with van der Waals surface area (Å²) in [5, 5.41) is 17.2. The number of anilines is 1. The fourth-order valence-corrected chi connectivity index (χ4v) is 2.79. The van der Waals surface area contributed by atoms with Crippen LogP contribution in [0, 0.1) is 10.1 Å². The van der Waals surface area contributed by atoms with Crippen molar-refractivity contribution in [1.29, 1.82) is 0 Å². The zero-order valence-electron chi connectivity index (χ0n) is 10.6. The van der Waals surface area contributed by atoms with E-state index < -0.39 is 0 Å². The van der Waals surface area contributed by atoms with Gasteiger partial charge in [0.2, 0.25) is 0 Å². The first kappa shape index (κ1) is 12.6. The molecule has 0 fully saturated rings. The second-order valence-corrected chi connectivity index (χ2v) is 5.40. The molecule has 3 rings (SSSR count). The molecule has 3 aromatic rings. The zero-order valence-corrected chi connectivity index (χ0v) is 11.4. The summed E-state index contributed by atoms with van der Waals surface area (Å²) in [6, 6.07) is 14.9. The van der Waals surface area contributed by atoms with E-state index in [1.165, 1.54) is 22.2 Å². The number of hydrogen-bond acceptors (Lipinski definition) is 4. The lowest BCUT2D eigenvalue weighted by atomic mass is 10.2. The van der Waals surface area contributed by atoms with Crippen molar-refractivity contribution in [2.24, 2.45) is 0 Å². The molecular weight excluding hydrogens is 272 g/mol. The fourth-order valence-electron chi connectivity index (χ4n) is 2.02. The van der Waals surface area contributed by atoms with Crippen LogP contribution in [0.15, 0.2) is 53.9 Å². The van der Waals surface area contributed by atoms with Gasteiger partial charge >= 0.3 is 0 Å². The average molecular weight is 284 g/mol. The van der Waals surface area contributed by atoms with Gasteiger partial charge in [-0.2, -0.15) is 0 Å². The predicted octanol–water partition coefficient (Wildman–Crippen LogP) is 4.42. The Balaban J connectivity index is 1.70. The molecule has 1 heterocycles. The normalized spacial score (nSPS) is 10.6. The third-order valence-corrected chi connectivity index (χ3v) is 3.99. The van der Waals surface area contributed by atoms with Gasteiger partial charge in [0, 0.05) is 29.1 Å². The van der Waals surface area contributed by atoms with E-state index in [4.69, 9.17) is 0 Å². The zero-order chi connectivity index (χ0) is 13.9. The molecule has 0 aliphatic carbocycles. The molecule has 5 heteroatoms. The van der Waals surface area contributed by atoms with Crippen molar-refractivity contribution in [2.75, 3.05) is 5.32 Å². The lowest BCUT2D eigenvalue weighted by Crippen LogP contribution is -1.99. The second kappa shape index (κ2) is 5.30. The molecule has 1 N–H and O–H groups in total. The highest BCUT2D eigenvalue weighted by Gasteiger charge is 2.04. The van der Waals surface area contributed by atoms with Gasteiger partial charge in [-0.05, 0) is 40.6 Å². The summed E-state index contributed by atoms with van der Waals surface area (Å²) in [6.07, 6.45) is 0. The number of nitro benzene ring substituents is 1. The van der Waals surface area contributed by atoms with Gasteiger partial charge in [-0.1, -0.05) is 12.1 Å². The number of nitrogens with one attached hydrogen (secondary N) is 1. The molecule has 0 atom stereocenters. The van der Waals surface area contributed by atoms with Gasteiger partial charge in [-0.25, -0.2) is 0 Å². The Hall–Kier alpha value is -2.40. The van der Waals surface area contributed by atoms with Crippen molar-refractivity contribution in [1.82, 2.24) is 0 Å². The number of hydrogen-bond donors (Lipinski definition) is 1. The molecule has 1 aromatic heterocycles. The molecule has 0 aliphatic heterocycles. The van der Waals surface area contributed by atoms with Gasteiger partial charge in [-0.15, -0.1) is 11.3 Å². The number of rotatable bonds is 4. The van der Waals surface area contributed by atoms with Crippen LogP contribution in [0.4, 0.5) is 11.4 Å². The van der Waals surface area contributed by atoms with E-state index in [1.807, 2.05) is 6.07 Å². The maximum Gasteiger partial charge on any atom is 0.269 e. The lowest BCUT2D eigenvalue weighted by Gasteiger charge is -2.06. The van der Waals surface area contributed by atoms with Crippen LogP contribution in [0.3, 0.4) is 0 Å². The standard InChI is InChI=1S/C15H12N2O2S/c18-17(19)14-4-1-11(2-5-14)10-16-13-3-6-15-12(9-13)7-8-20-15/h1-9,16H,10H2. The maximum absolute atomic E-state index is 10.6. The Morgan fingerprint density at radius 2 is 1.90 bits per heavy atom. The quantitative estimate of drug-likeness (QED) is 0.570. The van der Waals surface area contributed by atoms with Crippen LogP contribution >= 0.6 is 11.3 Å². The molecule has 0 radical (unpaired) electrons. The highest BCUT2D eigenvalue weighted by atomic mass is 32.1. The van der Waals surface area contributed by atoms with E-state index >= 15 is 0 Å². The highest BCUT2D eigenvalue weighted by molar-refractivity contribution is 7.17. The van der Waals surface area contributed by atoms with Crippen LogP contribution in [0.1, 0.15) is 5.56 Å². The summed E-state index contributed by atoms with van der Waals surface area (Å²) in [4.78, 5) is 10.2. The number of fused-ring (bicyclic) bond motifs is 1. The van der Waals surface area contributed by atoms with Crippen molar-refractivity contribution in [2.45, 2.75) is 6.54 Å². The third-order valence-electron chi connectivity index (χ3n) is 3.10. The van der Waals surface area contributed by atoms with Crippen LogP contribution in [-0.2, 0) is 6.54 Å². The minimum Gasteiger partial charge on any atom is -0.381 e. The predicted molar refractivity (Wildman–Crippen MR) is 82.2 cm³/mol. The number of nitro groups is 1. The summed E-state index contributed by atoms with van der Waals surface area (Å²) in [7, 11) is 0. The lowest BCUT2D eigenvalue weighted by molar-refractivity contribution is -0.384. The van der Waals surface area contributed by atoms with Crippen LogP contribution in [0.2, 0.25) is 0 Å². The molecule has 0 unspecified atom stereocenters. The second-order valence-electron chi connectivity index (χ2n) is 4.45. The van der Waals surface area contributed by atoms with E-state index in [0.717, 1.165) is 11.3 Å². The van der Waals surface area contributed by atoms with Crippen molar-refractivity contribution in [3.8, 4) is 0 Å². The van der Waals surface area contributed by atoms with Crippen LogP contribution in [-0.4, -0.2) is 4.92 Å². The minimum absolute atomic E-state index is 0.119. The molecular formula is C15H12N2O2S. The molecule has 100 valence electrons. The van der Waals surface area contributed by atoms with E-state index in [2.05, 4.69) is 28.9 Å². The van der Waals surface area contributed by atoms with E-state index in [-0.39, 0.29) is 10.6 Å². The molecule has 0 aliphatic rings. The summed E-state index contributed by atoms with van der Waals surface area (Å²) < 4.78 is 1.27. The van der Waals surface area contributed by atoms with E-state index in [9.17, 15) is 10.1 Å². The number of non-ortho nitro benzene ring substituents is 1. The number of thiophene rings is 1. The van der Waals surface area contributed by atoms with Crippen LogP contribution < -0.4 is 5.32 Å². The summed E-state index contributed by atoms with van der Waals surface area (Å²) in [5.41, 5.74) is 2.18. The Morgan fingerprint density at radius 1 is 1.10 bits per heavy atom. The smallest absolute Gasteiger partial charge is 0.269 e. The number of nitrogens with zero attached hydrogens (tertiary/aromatic N) is 1. The molecule has 0 saturated carbocycles. The first-order chi connectivity index (χ1) is 9.72. The molecule has 4 nitrogen and oxygen atoms in total. The third kappa shape index (κ3) is 2.62. The SMILES string of the molecule is O=[N+]([O-])c1ccc(CNc2ccc3sccc3c2)cc1. The fraction of sp³-hybridized carbons (Fsp3) is 0.0667. The molecule has 0 amide bonds. The summed E-state index contributed by atoms with van der Waals surface area (Å²) in [5.74, 6) is 0. The molecule has 0 spiro atoms. The Bertz CT molecular complexity index is 750. The Morgan fingerprint density at radius 3 is 2.65 bits per heavy atom. The Labute approximate surface area is 119 Å². The average Bonchev–Trinajstić information content (AvgIpc) is 2.93.